The topological polar surface area (TPSA) is 175 Å². The van der Waals surface area contributed by atoms with Gasteiger partial charge in [-0.2, -0.15) is 0 Å². The molecule has 0 radical (unpaired) electrons. The van der Waals surface area contributed by atoms with Gasteiger partial charge in [-0.3, -0.25) is 14.4 Å². The maximum absolute atomic E-state index is 13.2. The number of hydrogen-bond donors (Lipinski definition) is 3. The standard InChI is InChI=1S/C69H120O12/c1-4-7-10-13-16-19-22-25-28-30-31-33-35-37-40-43-46-49-52-55-61(70)77-58-60(79-62(71)56-53-50-47-44-41-38-34-27-24-21-18-15-12-9-6-3)59-78-69-67(65(74)64(73)66(81-69)68(75)76)80-63(72)57-54-51-48-45-42-39-36-32-29-26-23-20-17-14-11-8-5-2/h8,11,17,20,26,29,36,39,45,48,60,64-67,69,73-74H,4-7,9-10,12-16,18-19,21-25,27-28,30-35,37-38,40-44,46-47,49-59H2,1-3H3,(H,75,76)/b11-8-,20-17-,29-26-,39-36-,48-45-. The highest BCUT2D eigenvalue weighted by Crippen LogP contribution is 2.27. The first-order valence-corrected chi connectivity index (χ1v) is 33.3. The minimum absolute atomic E-state index is 0.0162. The fraction of sp³-hybridized carbons (Fsp3) is 0.797. The van der Waals surface area contributed by atoms with Crippen molar-refractivity contribution in [3.63, 3.8) is 0 Å². The molecule has 0 amide bonds. The molecule has 1 aliphatic heterocycles. The lowest BCUT2D eigenvalue weighted by Gasteiger charge is -2.40. The van der Waals surface area contributed by atoms with Gasteiger partial charge >= 0.3 is 23.9 Å². The molecule has 1 saturated heterocycles. The van der Waals surface area contributed by atoms with Crippen LogP contribution in [0.1, 0.15) is 303 Å². The summed E-state index contributed by atoms with van der Waals surface area (Å²) in [7, 11) is 0. The number of allylic oxidation sites excluding steroid dienone is 10. The molecule has 12 nitrogen and oxygen atoms in total. The smallest absolute Gasteiger partial charge is 0.335 e. The molecule has 3 N–H and O–H groups in total. The molecule has 1 rings (SSSR count). The van der Waals surface area contributed by atoms with Crippen molar-refractivity contribution in [1.82, 2.24) is 0 Å². The predicted octanol–water partition coefficient (Wildman–Crippen LogP) is 17.9. The first-order chi connectivity index (χ1) is 39.6. The SMILES string of the molecule is CC/C=C\C/C=C\C/C=C\C/C=C\C/C=C\CCCC(=O)OC1C(OCC(COC(=O)CCCCCCCCCCCCCCCCCCCCC)OC(=O)CCCCCCCCCCCCCCCCC)OC(C(=O)O)C(O)C1O. The van der Waals surface area contributed by atoms with Gasteiger partial charge < -0.3 is 39.0 Å². The lowest BCUT2D eigenvalue weighted by Crippen LogP contribution is -2.61. The van der Waals surface area contributed by atoms with Crippen LogP contribution in [0.25, 0.3) is 0 Å². The van der Waals surface area contributed by atoms with E-state index in [1.165, 1.54) is 167 Å². The van der Waals surface area contributed by atoms with Gasteiger partial charge in [0.1, 0.15) is 18.8 Å². The van der Waals surface area contributed by atoms with Gasteiger partial charge in [-0.1, -0.05) is 287 Å². The third-order valence-electron chi connectivity index (χ3n) is 15.1. The van der Waals surface area contributed by atoms with Gasteiger partial charge in [0, 0.05) is 19.3 Å². The van der Waals surface area contributed by atoms with Gasteiger partial charge in [0.05, 0.1) is 6.61 Å². The van der Waals surface area contributed by atoms with E-state index in [1.54, 1.807) is 0 Å². The van der Waals surface area contributed by atoms with Crippen LogP contribution in [0.4, 0.5) is 0 Å². The maximum Gasteiger partial charge on any atom is 0.335 e. The molecule has 0 aromatic carbocycles. The number of unbranched alkanes of at least 4 members (excludes halogenated alkanes) is 33. The quantitative estimate of drug-likeness (QED) is 0.0228. The second-order valence-corrected chi connectivity index (χ2v) is 22.7. The summed E-state index contributed by atoms with van der Waals surface area (Å²) < 4.78 is 28.5. The van der Waals surface area contributed by atoms with E-state index in [1.807, 2.05) is 12.2 Å². The number of carbonyl (C=O) groups is 4. The summed E-state index contributed by atoms with van der Waals surface area (Å²) in [6.45, 7) is 5.91. The Hall–Kier alpha value is -3.58. The van der Waals surface area contributed by atoms with Crippen LogP contribution in [0, 0.1) is 0 Å². The molecular formula is C69H120O12. The van der Waals surface area contributed by atoms with E-state index < -0.39 is 67.3 Å². The minimum atomic E-state index is -1.92. The number of rotatable bonds is 57. The highest BCUT2D eigenvalue weighted by molar-refractivity contribution is 5.74. The Labute approximate surface area is 494 Å². The van der Waals surface area contributed by atoms with Gasteiger partial charge in [-0.15, -0.1) is 0 Å². The highest BCUT2D eigenvalue weighted by Gasteiger charge is 2.50. The normalized spacial score (nSPS) is 18.1. The zero-order chi connectivity index (χ0) is 58.9. The monoisotopic (exact) mass is 1140 g/mol. The molecule has 6 atom stereocenters. The summed E-state index contributed by atoms with van der Waals surface area (Å²) in [5.74, 6) is -3.17. The van der Waals surface area contributed by atoms with Gasteiger partial charge in [0.2, 0.25) is 0 Å². The molecule has 6 unspecified atom stereocenters. The summed E-state index contributed by atoms with van der Waals surface area (Å²) in [5, 5.41) is 31.6. The van der Waals surface area contributed by atoms with Crippen molar-refractivity contribution < 1.29 is 58.2 Å². The Bertz CT molecular complexity index is 1640. The molecular weight excluding hydrogens is 1020 g/mol. The van der Waals surface area contributed by atoms with Crippen LogP contribution in [0.2, 0.25) is 0 Å². The van der Waals surface area contributed by atoms with E-state index >= 15 is 0 Å². The van der Waals surface area contributed by atoms with Crippen LogP contribution in [0.5, 0.6) is 0 Å². The molecule has 1 fully saturated rings. The maximum atomic E-state index is 13.2. The van der Waals surface area contributed by atoms with Gasteiger partial charge in [-0.25, -0.2) is 4.79 Å². The van der Waals surface area contributed by atoms with Crippen molar-refractivity contribution in [3.8, 4) is 0 Å². The van der Waals surface area contributed by atoms with Crippen molar-refractivity contribution in [3.05, 3.63) is 60.8 Å². The molecule has 12 heteroatoms. The third kappa shape index (κ3) is 46.5. The number of aliphatic hydroxyl groups excluding tert-OH is 2. The first-order valence-electron chi connectivity index (χ1n) is 33.3. The van der Waals surface area contributed by atoms with E-state index in [9.17, 15) is 34.5 Å². The Morgan fingerprint density at radius 2 is 0.778 bits per heavy atom. The number of esters is 3. The van der Waals surface area contributed by atoms with E-state index in [0.29, 0.717) is 25.7 Å². The molecule has 81 heavy (non-hydrogen) atoms. The number of carbonyl (C=O) groups excluding carboxylic acids is 3. The second kappa shape index (κ2) is 56.9. The van der Waals surface area contributed by atoms with Crippen LogP contribution in [0.15, 0.2) is 60.8 Å². The molecule has 0 spiro atoms. The zero-order valence-electron chi connectivity index (χ0n) is 51.8. The fourth-order valence-electron chi connectivity index (χ4n) is 10.1. The van der Waals surface area contributed by atoms with E-state index in [0.717, 1.165) is 70.6 Å². The van der Waals surface area contributed by atoms with Gasteiger partial charge in [0.15, 0.2) is 24.6 Å². The summed E-state index contributed by atoms with van der Waals surface area (Å²) >= 11 is 0. The average Bonchev–Trinajstić information content (AvgIpc) is 3.53. The molecule has 0 saturated carbocycles. The number of carboxylic acids is 1. The van der Waals surface area contributed by atoms with Gasteiger partial charge in [0.25, 0.3) is 0 Å². The molecule has 0 bridgehead atoms. The number of aliphatic hydroxyl groups is 2. The zero-order valence-corrected chi connectivity index (χ0v) is 51.8. The molecule has 1 aliphatic rings. The summed E-state index contributed by atoms with van der Waals surface area (Å²) in [5.41, 5.74) is 0. The summed E-state index contributed by atoms with van der Waals surface area (Å²) in [4.78, 5) is 51.3. The summed E-state index contributed by atoms with van der Waals surface area (Å²) in [6, 6.07) is 0. The fourth-order valence-corrected chi connectivity index (χ4v) is 10.1. The second-order valence-electron chi connectivity index (χ2n) is 22.7. The number of carboxylic acid groups (broad SMARTS) is 1. The largest absolute Gasteiger partial charge is 0.479 e. The molecule has 1 heterocycles. The Morgan fingerprint density at radius 3 is 1.17 bits per heavy atom. The minimum Gasteiger partial charge on any atom is -0.479 e. The number of aliphatic carboxylic acids is 1. The van der Waals surface area contributed by atoms with Crippen LogP contribution in [-0.4, -0.2) is 89.2 Å². The molecule has 0 aromatic heterocycles. The van der Waals surface area contributed by atoms with Crippen LogP contribution in [0.3, 0.4) is 0 Å². The molecule has 0 aliphatic carbocycles. The van der Waals surface area contributed by atoms with Crippen molar-refractivity contribution >= 4 is 23.9 Å². The third-order valence-corrected chi connectivity index (χ3v) is 15.1. The van der Waals surface area contributed by atoms with E-state index in [2.05, 4.69) is 69.4 Å². The Balaban J connectivity index is 2.66. The lowest BCUT2D eigenvalue weighted by molar-refractivity contribution is -0.301. The summed E-state index contributed by atoms with van der Waals surface area (Å²) in [6.07, 6.45) is 59.0. The van der Waals surface area contributed by atoms with Gasteiger partial charge in [-0.05, 0) is 57.8 Å². The van der Waals surface area contributed by atoms with Crippen molar-refractivity contribution in [1.29, 1.82) is 0 Å². The van der Waals surface area contributed by atoms with Crippen molar-refractivity contribution in [2.75, 3.05) is 13.2 Å². The Kier molecular flexibility index (Phi) is 53.0. The van der Waals surface area contributed by atoms with Crippen LogP contribution in [-0.2, 0) is 42.9 Å². The van der Waals surface area contributed by atoms with Crippen LogP contribution >= 0.6 is 0 Å². The Morgan fingerprint density at radius 1 is 0.420 bits per heavy atom. The molecule has 468 valence electrons. The first kappa shape index (κ1) is 75.4. The van der Waals surface area contributed by atoms with E-state index in [4.69, 9.17) is 23.7 Å². The molecule has 0 aromatic rings. The highest BCUT2D eigenvalue weighted by atomic mass is 16.7. The number of hydrogen-bond acceptors (Lipinski definition) is 11. The van der Waals surface area contributed by atoms with Crippen molar-refractivity contribution in [2.24, 2.45) is 0 Å². The van der Waals surface area contributed by atoms with Crippen LogP contribution < -0.4 is 0 Å². The predicted molar refractivity (Wildman–Crippen MR) is 331 cm³/mol. The lowest BCUT2D eigenvalue weighted by atomic mass is 9.98. The van der Waals surface area contributed by atoms with Crippen molar-refractivity contribution in [2.45, 2.75) is 340 Å². The van der Waals surface area contributed by atoms with E-state index in [-0.39, 0.29) is 25.9 Å². The average molecular weight is 1140 g/mol. The number of ether oxygens (including phenoxy) is 5.